The Balaban J connectivity index is 1.48. The maximum atomic E-state index is 13.0. The molecule has 3 aromatic carbocycles. The minimum atomic E-state index is -1.20. The van der Waals surface area contributed by atoms with Crippen molar-refractivity contribution in [3.8, 4) is 11.5 Å². The number of carboxylic acid groups (broad SMARTS) is 1. The van der Waals surface area contributed by atoms with Gasteiger partial charge in [0.15, 0.2) is 6.04 Å². The fraction of sp³-hybridized carbons (Fsp3) is 0.281. The Morgan fingerprint density at radius 1 is 0.949 bits per heavy atom. The maximum absolute atomic E-state index is 13.0. The van der Waals surface area contributed by atoms with Gasteiger partial charge in [-0.1, -0.05) is 76.2 Å². The number of hydrogen-bond acceptors (Lipinski definition) is 5. The summed E-state index contributed by atoms with van der Waals surface area (Å²) in [7, 11) is 0. The molecule has 1 unspecified atom stereocenters. The summed E-state index contributed by atoms with van der Waals surface area (Å²) < 4.78 is 11.6. The quantitative estimate of drug-likeness (QED) is 0.252. The van der Waals surface area contributed by atoms with Gasteiger partial charge in [-0.05, 0) is 58.7 Å². The van der Waals surface area contributed by atoms with Gasteiger partial charge in [0.1, 0.15) is 17.2 Å². The van der Waals surface area contributed by atoms with E-state index in [0.29, 0.717) is 12.2 Å². The highest BCUT2D eigenvalue weighted by Crippen LogP contribution is 2.30. The fourth-order valence-corrected chi connectivity index (χ4v) is 4.18. The minimum absolute atomic E-state index is 0.0623. The zero-order valence-electron chi connectivity index (χ0n) is 22.7. The van der Waals surface area contributed by atoms with Crippen LogP contribution in [0, 0.1) is 0 Å². The molecule has 0 aliphatic heterocycles. The first kappa shape index (κ1) is 27.8. The molecule has 4 rings (SSSR count). The van der Waals surface area contributed by atoms with Gasteiger partial charge in [0.25, 0.3) is 5.91 Å². The van der Waals surface area contributed by atoms with Gasteiger partial charge in [-0.2, -0.15) is 0 Å². The molecule has 4 aromatic rings. The van der Waals surface area contributed by atoms with E-state index in [1.54, 1.807) is 6.07 Å². The van der Waals surface area contributed by atoms with Crippen LogP contribution in [0.3, 0.4) is 0 Å². The fourth-order valence-electron chi connectivity index (χ4n) is 4.18. The molecule has 1 heterocycles. The van der Waals surface area contributed by atoms with Gasteiger partial charge < -0.3 is 19.9 Å². The summed E-state index contributed by atoms with van der Waals surface area (Å²) in [6.07, 6.45) is 0.587. The first-order chi connectivity index (χ1) is 18.6. The molecule has 0 aliphatic carbocycles. The number of aliphatic carboxylic acids is 1. The molecule has 1 amide bonds. The molecule has 1 atom stereocenters. The molecule has 0 bridgehead atoms. The SMILES string of the molecule is CCc1nc(C(=O)NC(COCc2ccccc2)C(=O)O)cc2ccc(Oc3ccc(C(C)(C)C)cc3)cc12. The average Bonchev–Trinajstić information content (AvgIpc) is 2.92. The van der Waals surface area contributed by atoms with Crippen molar-refractivity contribution in [1.82, 2.24) is 10.3 Å². The monoisotopic (exact) mass is 526 g/mol. The highest BCUT2D eigenvalue weighted by atomic mass is 16.5. The van der Waals surface area contributed by atoms with E-state index in [4.69, 9.17) is 9.47 Å². The summed E-state index contributed by atoms with van der Waals surface area (Å²) in [5, 5.41) is 13.8. The first-order valence-corrected chi connectivity index (χ1v) is 13.0. The number of pyridine rings is 1. The number of nitrogens with zero attached hydrogens (tertiary/aromatic N) is 1. The Bertz CT molecular complexity index is 1440. The van der Waals surface area contributed by atoms with Gasteiger partial charge >= 0.3 is 5.97 Å². The highest BCUT2D eigenvalue weighted by molar-refractivity contribution is 5.99. The van der Waals surface area contributed by atoms with Gasteiger partial charge in [-0.15, -0.1) is 0 Å². The largest absolute Gasteiger partial charge is 0.480 e. The molecule has 0 saturated heterocycles. The van der Waals surface area contributed by atoms with Crippen molar-refractivity contribution in [2.75, 3.05) is 6.61 Å². The van der Waals surface area contributed by atoms with E-state index in [-0.39, 0.29) is 24.3 Å². The van der Waals surface area contributed by atoms with E-state index < -0.39 is 17.9 Å². The van der Waals surface area contributed by atoms with Crippen LogP contribution in [-0.4, -0.2) is 34.6 Å². The van der Waals surface area contributed by atoms with E-state index in [0.717, 1.165) is 27.8 Å². The summed E-state index contributed by atoms with van der Waals surface area (Å²) in [5.74, 6) is -0.341. The maximum Gasteiger partial charge on any atom is 0.328 e. The number of benzene rings is 3. The average molecular weight is 527 g/mol. The Morgan fingerprint density at radius 3 is 2.28 bits per heavy atom. The number of rotatable bonds is 10. The second kappa shape index (κ2) is 12.1. The first-order valence-electron chi connectivity index (χ1n) is 13.0. The Hall–Kier alpha value is -4.23. The Labute approximate surface area is 228 Å². The summed E-state index contributed by atoms with van der Waals surface area (Å²) >= 11 is 0. The Kier molecular flexibility index (Phi) is 8.62. The Morgan fingerprint density at radius 2 is 1.64 bits per heavy atom. The lowest BCUT2D eigenvalue weighted by Crippen LogP contribution is -2.44. The summed E-state index contributed by atoms with van der Waals surface area (Å²) in [5.41, 5.74) is 3.08. The number of carbonyl (C=O) groups excluding carboxylic acids is 1. The van der Waals surface area contributed by atoms with Crippen LogP contribution in [0.15, 0.2) is 78.9 Å². The van der Waals surface area contributed by atoms with Crippen molar-refractivity contribution in [2.24, 2.45) is 0 Å². The molecule has 2 N–H and O–H groups in total. The van der Waals surface area contributed by atoms with Crippen LogP contribution >= 0.6 is 0 Å². The number of carboxylic acids is 1. The third-order valence-electron chi connectivity index (χ3n) is 6.41. The van der Waals surface area contributed by atoms with Crippen LogP contribution in [-0.2, 0) is 28.0 Å². The molecule has 0 saturated carbocycles. The summed E-state index contributed by atoms with van der Waals surface area (Å²) in [6.45, 7) is 8.55. The third-order valence-corrected chi connectivity index (χ3v) is 6.41. The number of hydrogen-bond donors (Lipinski definition) is 2. The number of ether oxygens (including phenoxy) is 2. The van der Waals surface area contributed by atoms with Crippen LogP contribution in [0.4, 0.5) is 0 Å². The second-order valence-corrected chi connectivity index (χ2v) is 10.4. The van der Waals surface area contributed by atoms with Crippen LogP contribution in [0.5, 0.6) is 11.5 Å². The number of carbonyl (C=O) groups is 2. The van der Waals surface area contributed by atoms with E-state index >= 15 is 0 Å². The number of amides is 1. The smallest absolute Gasteiger partial charge is 0.328 e. The molecule has 0 radical (unpaired) electrons. The molecule has 39 heavy (non-hydrogen) atoms. The van der Waals surface area contributed by atoms with Crippen molar-refractivity contribution in [2.45, 2.75) is 52.2 Å². The highest BCUT2D eigenvalue weighted by Gasteiger charge is 2.22. The third kappa shape index (κ3) is 7.21. The van der Waals surface area contributed by atoms with Gasteiger partial charge in [0.2, 0.25) is 0 Å². The zero-order valence-corrected chi connectivity index (χ0v) is 22.7. The predicted octanol–water partition coefficient (Wildman–Crippen LogP) is 6.29. The minimum Gasteiger partial charge on any atom is -0.480 e. The van der Waals surface area contributed by atoms with Gasteiger partial charge in [0.05, 0.1) is 13.2 Å². The van der Waals surface area contributed by atoms with Gasteiger partial charge in [-0.25, -0.2) is 9.78 Å². The molecule has 202 valence electrons. The molecular weight excluding hydrogens is 492 g/mol. The van der Waals surface area contributed by atoms with Crippen LogP contribution < -0.4 is 10.1 Å². The lowest BCUT2D eigenvalue weighted by Gasteiger charge is -2.19. The van der Waals surface area contributed by atoms with Crippen LogP contribution in [0.1, 0.15) is 55.0 Å². The normalized spacial score (nSPS) is 12.2. The van der Waals surface area contributed by atoms with Crippen molar-refractivity contribution in [3.63, 3.8) is 0 Å². The molecule has 7 heteroatoms. The van der Waals surface area contributed by atoms with E-state index in [2.05, 4.69) is 43.2 Å². The van der Waals surface area contributed by atoms with Crippen LogP contribution in [0.25, 0.3) is 10.8 Å². The molecule has 1 aromatic heterocycles. The second-order valence-electron chi connectivity index (χ2n) is 10.4. The van der Waals surface area contributed by atoms with Crippen molar-refractivity contribution in [1.29, 1.82) is 0 Å². The summed E-state index contributed by atoms with van der Waals surface area (Å²) in [6, 6.07) is 23.6. The van der Waals surface area contributed by atoms with Crippen molar-refractivity contribution >= 4 is 22.6 Å². The molecule has 0 spiro atoms. The van der Waals surface area contributed by atoms with E-state index in [1.807, 2.05) is 67.6 Å². The number of aromatic nitrogens is 1. The van der Waals surface area contributed by atoms with E-state index in [1.165, 1.54) is 5.56 Å². The zero-order chi connectivity index (χ0) is 28.0. The lowest BCUT2D eigenvalue weighted by atomic mass is 9.87. The lowest BCUT2D eigenvalue weighted by molar-refractivity contribution is -0.141. The molecule has 0 fully saturated rings. The number of fused-ring (bicyclic) bond motifs is 1. The standard InChI is InChI=1S/C32H34N2O5/c1-5-27-26-18-25(39-24-15-12-23(13-16-24)32(2,3)4)14-11-22(26)17-28(33-27)30(35)34-29(31(36)37)20-38-19-21-9-7-6-8-10-21/h6-18,29H,5,19-20H2,1-4H3,(H,34,35)(H,36,37). The number of nitrogens with one attached hydrogen (secondary N) is 1. The predicted molar refractivity (Wildman–Crippen MR) is 151 cm³/mol. The topological polar surface area (TPSA) is 97.8 Å². The number of aryl methyl sites for hydroxylation is 1. The molecule has 0 aliphatic rings. The van der Waals surface area contributed by atoms with E-state index in [9.17, 15) is 14.7 Å². The van der Waals surface area contributed by atoms with Crippen LogP contribution in [0.2, 0.25) is 0 Å². The molecular formula is C32H34N2O5. The van der Waals surface area contributed by atoms with Gasteiger partial charge in [-0.3, -0.25) is 4.79 Å². The van der Waals surface area contributed by atoms with Crippen molar-refractivity contribution in [3.05, 3.63) is 101 Å². The summed E-state index contributed by atoms with van der Waals surface area (Å²) in [4.78, 5) is 29.3. The molecule has 7 nitrogen and oxygen atoms in total. The van der Waals surface area contributed by atoms with Gasteiger partial charge in [0, 0.05) is 11.1 Å². The van der Waals surface area contributed by atoms with Crippen molar-refractivity contribution < 1.29 is 24.2 Å².